The first-order chi connectivity index (χ1) is 19.6. The highest BCUT2D eigenvalue weighted by atomic mass is 16.7. The molecule has 4 aliphatic rings. The van der Waals surface area contributed by atoms with Gasteiger partial charge in [0.1, 0.15) is 35.7 Å². The van der Waals surface area contributed by atoms with Crippen LogP contribution in [0.2, 0.25) is 0 Å². The lowest BCUT2D eigenvalue weighted by atomic mass is 9.84. The van der Waals surface area contributed by atoms with Crippen LogP contribution in [0.4, 0.5) is 5.69 Å². The molecule has 6 rings (SSSR count). The molecule has 10 nitrogen and oxygen atoms in total. The first kappa shape index (κ1) is 27.3. The molecule has 2 aromatic rings. The van der Waals surface area contributed by atoms with Crippen LogP contribution in [0, 0.1) is 5.41 Å². The number of ketones is 1. The smallest absolute Gasteiger partial charge is 0.354 e. The molecular formula is C31H37N5O5. The van der Waals surface area contributed by atoms with Crippen LogP contribution in [0.5, 0.6) is 5.75 Å². The molecule has 1 saturated heterocycles. The van der Waals surface area contributed by atoms with Gasteiger partial charge in [0.05, 0.1) is 12.2 Å². The van der Waals surface area contributed by atoms with E-state index in [4.69, 9.17) is 20.0 Å². The summed E-state index contributed by atoms with van der Waals surface area (Å²) in [7, 11) is 0. The van der Waals surface area contributed by atoms with Crippen molar-refractivity contribution in [3.05, 3.63) is 64.1 Å². The summed E-state index contributed by atoms with van der Waals surface area (Å²) in [5, 5.41) is 18.0. The van der Waals surface area contributed by atoms with Gasteiger partial charge in [-0.15, -0.1) is 0 Å². The van der Waals surface area contributed by atoms with Gasteiger partial charge in [0, 0.05) is 47.9 Å². The number of pyridine rings is 1. The van der Waals surface area contributed by atoms with Gasteiger partial charge in [-0.3, -0.25) is 20.5 Å². The molecule has 1 saturated carbocycles. The van der Waals surface area contributed by atoms with E-state index in [9.17, 15) is 14.7 Å². The number of aromatic nitrogens is 1. The molecule has 0 amide bonds. The largest absolute Gasteiger partial charge is 0.488 e. The lowest BCUT2D eigenvalue weighted by Gasteiger charge is -2.30. The molecule has 4 heterocycles. The molecule has 0 bridgehead atoms. The van der Waals surface area contributed by atoms with Crippen LogP contribution in [-0.2, 0) is 21.6 Å². The minimum Gasteiger partial charge on any atom is -0.488 e. The van der Waals surface area contributed by atoms with Gasteiger partial charge in [-0.25, -0.2) is 9.78 Å². The number of anilines is 1. The summed E-state index contributed by atoms with van der Waals surface area (Å²) in [6.45, 7) is 8.72. The molecule has 1 aromatic heterocycles. The predicted octanol–water partition coefficient (Wildman–Crippen LogP) is 4.13. The van der Waals surface area contributed by atoms with Crippen LogP contribution in [0.3, 0.4) is 0 Å². The van der Waals surface area contributed by atoms with Gasteiger partial charge in [0.2, 0.25) is 0 Å². The highest BCUT2D eigenvalue weighted by Crippen LogP contribution is 2.42. The van der Waals surface area contributed by atoms with E-state index < -0.39 is 12.1 Å². The molecule has 2 fully saturated rings. The van der Waals surface area contributed by atoms with Crippen LogP contribution in [0.25, 0.3) is 0 Å². The zero-order valence-electron chi connectivity index (χ0n) is 23.8. The van der Waals surface area contributed by atoms with E-state index in [0.29, 0.717) is 35.3 Å². The van der Waals surface area contributed by atoms with Gasteiger partial charge in [-0.1, -0.05) is 26.8 Å². The number of carbonyl (C=O) groups is 2. The normalized spacial score (nSPS) is 20.2. The average Bonchev–Trinajstić information content (AvgIpc) is 3.31. The maximum absolute atomic E-state index is 13.8. The highest BCUT2D eigenvalue weighted by Gasteiger charge is 2.33. The van der Waals surface area contributed by atoms with Gasteiger partial charge >= 0.3 is 5.97 Å². The second kappa shape index (κ2) is 10.5. The molecular weight excluding hydrogens is 522 g/mol. The molecule has 0 spiro atoms. The van der Waals surface area contributed by atoms with Crippen molar-refractivity contribution in [1.29, 1.82) is 5.41 Å². The number of ether oxygens (including phenoxy) is 1. The van der Waals surface area contributed by atoms with E-state index in [1.165, 1.54) is 6.08 Å². The molecule has 1 aliphatic carbocycles. The fourth-order valence-corrected chi connectivity index (χ4v) is 5.71. The predicted molar refractivity (Wildman–Crippen MR) is 154 cm³/mol. The van der Waals surface area contributed by atoms with Gasteiger partial charge in [-0.05, 0) is 55.4 Å². The number of nitrogens with zero attached hydrogens (tertiary/aromatic N) is 3. The number of rotatable bonds is 9. The Balaban J connectivity index is 1.27. The van der Waals surface area contributed by atoms with Crippen molar-refractivity contribution < 1.29 is 24.3 Å². The van der Waals surface area contributed by atoms with Crippen molar-refractivity contribution in [3.8, 4) is 5.75 Å². The number of nitrogens with one attached hydrogen (secondary N) is 2. The number of carboxylic acids is 1. The summed E-state index contributed by atoms with van der Waals surface area (Å²) in [5.74, 6) is 0.369. The summed E-state index contributed by atoms with van der Waals surface area (Å²) in [5.41, 5.74) is 7.18. The van der Waals surface area contributed by atoms with Crippen LogP contribution >= 0.6 is 0 Å². The lowest BCUT2D eigenvalue weighted by Crippen LogP contribution is -2.31. The molecule has 41 heavy (non-hydrogen) atoms. The Kier molecular flexibility index (Phi) is 6.97. The number of Topliss-reactive ketones (excluding diaryl/α,β-unsaturated/α-hetero) is 1. The Morgan fingerprint density at radius 1 is 1.20 bits per heavy atom. The van der Waals surface area contributed by atoms with Crippen molar-refractivity contribution in [2.24, 2.45) is 0 Å². The topological polar surface area (TPSA) is 128 Å². The minimum absolute atomic E-state index is 0.0102. The number of carboxylic acid groups (broad SMARTS) is 1. The van der Waals surface area contributed by atoms with E-state index in [-0.39, 0.29) is 30.0 Å². The number of hydrogen-bond acceptors (Lipinski definition) is 8. The van der Waals surface area contributed by atoms with Crippen molar-refractivity contribution in [3.63, 3.8) is 0 Å². The monoisotopic (exact) mass is 559 g/mol. The Morgan fingerprint density at radius 3 is 2.61 bits per heavy atom. The van der Waals surface area contributed by atoms with Crippen LogP contribution in [0.1, 0.15) is 85.2 Å². The zero-order valence-corrected chi connectivity index (χ0v) is 23.8. The molecule has 1 aromatic carbocycles. The quantitative estimate of drug-likeness (QED) is 0.389. The lowest BCUT2D eigenvalue weighted by molar-refractivity contribution is -0.134. The number of amidine groups is 1. The molecule has 1 unspecified atom stereocenters. The summed E-state index contributed by atoms with van der Waals surface area (Å²) in [4.78, 5) is 39.3. The van der Waals surface area contributed by atoms with E-state index in [1.807, 2.05) is 17.0 Å². The fraction of sp³-hybridized carbons (Fsp3) is 0.484. The van der Waals surface area contributed by atoms with E-state index in [1.54, 1.807) is 0 Å². The number of fused-ring (bicyclic) bond motifs is 1. The maximum Gasteiger partial charge on any atom is 0.354 e. The van der Waals surface area contributed by atoms with Crippen molar-refractivity contribution in [1.82, 2.24) is 15.4 Å². The SMILES string of the molecule is CC(C)(C)c1cc(C(=O)CN2Cc3ccc(C4CC4)nc3C2=N)cc(N2CCCC2)c1OCC1C=C(C(=O)O)NO1. The van der Waals surface area contributed by atoms with E-state index >= 15 is 0 Å². The Hall–Kier alpha value is -3.92. The van der Waals surface area contributed by atoms with Crippen LogP contribution in [-0.4, -0.2) is 64.9 Å². The number of hydrogen-bond donors (Lipinski definition) is 3. The Bertz CT molecular complexity index is 1440. The second-order valence-electron chi connectivity index (χ2n) is 12.4. The number of carbonyl (C=O) groups excluding carboxylic acids is 1. The Morgan fingerprint density at radius 2 is 1.95 bits per heavy atom. The van der Waals surface area contributed by atoms with E-state index in [0.717, 1.165) is 61.3 Å². The summed E-state index contributed by atoms with van der Waals surface area (Å²) < 4.78 is 6.37. The van der Waals surface area contributed by atoms with Crippen LogP contribution < -0.4 is 15.1 Å². The molecule has 0 radical (unpaired) electrons. The standard InChI is InChI=1S/C31H37N5O5/c1-31(2,3)22-12-20(26(37)16-36-15-19-8-9-23(18-6-7-18)33-27(19)29(36)32)13-25(35-10-4-5-11-35)28(22)40-17-21-14-24(30(38)39)34-41-21/h8-9,12-14,18,21,32,34H,4-7,10-11,15-17H2,1-3H3,(H,38,39). The third-order valence-electron chi connectivity index (χ3n) is 8.17. The minimum atomic E-state index is -1.09. The number of benzene rings is 1. The second-order valence-corrected chi connectivity index (χ2v) is 12.4. The molecule has 3 N–H and O–H groups in total. The third kappa shape index (κ3) is 5.53. The average molecular weight is 560 g/mol. The third-order valence-corrected chi connectivity index (χ3v) is 8.17. The summed E-state index contributed by atoms with van der Waals surface area (Å²) >= 11 is 0. The Labute approximate surface area is 239 Å². The van der Waals surface area contributed by atoms with E-state index in [2.05, 4.69) is 43.3 Å². The highest BCUT2D eigenvalue weighted by molar-refractivity contribution is 6.05. The molecule has 10 heteroatoms. The van der Waals surface area contributed by atoms with Gasteiger partial charge in [0.25, 0.3) is 0 Å². The van der Waals surface area contributed by atoms with Crippen molar-refractivity contribution >= 4 is 23.3 Å². The first-order valence-electron chi connectivity index (χ1n) is 14.4. The van der Waals surface area contributed by atoms with Gasteiger partial charge < -0.3 is 19.6 Å². The summed E-state index contributed by atoms with van der Waals surface area (Å²) in [6, 6.07) is 7.96. The van der Waals surface area contributed by atoms with Crippen molar-refractivity contribution in [2.75, 3.05) is 31.1 Å². The fourth-order valence-electron chi connectivity index (χ4n) is 5.71. The summed E-state index contributed by atoms with van der Waals surface area (Å²) in [6.07, 6.45) is 5.36. The zero-order chi connectivity index (χ0) is 28.9. The number of hydroxylamine groups is 1. The van der Waals surface area contributed by atoms with Crippen LogP contribution in [0.15, 0.2) is 36.0 Å². The van der Waals surface area contributed by atoms with Gasteiger partial charge in [0.15, 0.2) is 5.78 Å². The number of aliphatic carboxylic acids is 1. The van der Waals surface area contributed by atoms with Crippen molar-refractivity contribution in [2.45, 2.75) is 70.4 Å². The molecule has 1 atom stereocenters. The molecule has 216 valence electrons. The first-order valence-corrected chi connectivity index (χ1v) is 14.4. The maximum atomic E-state index is 13.8. The molecule has 3 aliphatic heterocycles. The van der Waals surface area contributed by atoms with Gasteiger partial charge in [-0.2, -0.15) is 0 Å².